The number of benzene rings is 2. The number of nitrogens with one attached hydrogen (secondary N) is 1. The minimum Gasteiger partial charge on any atom is -0.494 e. The molecule has 0 unspecified atom stereocenters. The summed E-state index contributed by atoms with van der Waals surface area (Å²) in [6.45, 7) is 1.84. The Balaban J connectivity index is 2.01. The first-order valence-corrected chi connectivity index (χ1v) is 8.28. The SMILES string of the molecule is COc1cc(=O)n(-c2ccc(F)cc2)nc1C(=O)Nc1ccc(C)c(Cl)c1. The number of rotatable bonds is 4. The van der Waals surface area contributed by atoms with Crippen molar-refractivity contribution >= 4 is 23.2 Å². The van der Waals surface area contributed by atoms with Crippen molar-refractivity contribution in [2.24, 2.45) is 0 Å². The molecule has 0 fully saturated rings. The van der Waals surface area contributed by atoms with E-state index in [9.17, 15) is 14.0 Å². The third kappa shape index (κ3) is 3.98. The average molecular weight is 388 g/mol. The summed E-state index contributed by atoms with van der Waals surface area (Å²) in [7, 11) is 1.33. The highest BCUT2D eigenvalue weighted by atomic mass is 35.5. The third-order valence-corrected chi connectivity index (χ3v) is 4.24. The van der Waals surface area contributed by atoms with E-state index in [-0.39, 0.29) is 11.4 Å². The second-order valence-electron chi connectivity index (χ2n) is 5.71. The lowest BCUT2D eigenvalue weighted by Crippen LogP contribution is -2.26. The summed E-state index contributed by atoms with van der Waals surface area (Å²) >= 11 is 6.07. The first kappa shape index (κ1) is 18.6. The van der Waals surface area contributed by atoms with E-state index >= 15 is 0 Å². The van der Waals surface area contributed by atoms with Crippen LogP contribution in [0.2, 0.25) is 5.02 Å². The largest absolute Gasteiger partial charge is 0.494 e. The second kappa shape index (κ2) is 7.59. The highest BCUT2D eigenvalue weighted by molar-refractivity contribution is 6.31. The zero-order valence-corrected chi connectivity index (χ0v) is 15.2. The van der Waals surface area contributed by atoms with Gasteiger partial charge in [-0.3, -0.25) is 9.59 Å². The molecule has 3 aromatic rings. The van der Waals surface area contributed by atoms with Gasteiger partial charge in [-0.05, 0) is 48.9 Å². The number of anilines is 1. The number of hydrogen-bond donors (Lipinski definition) is 1. The van der Waals surface area contributed by atoms with Crippen LogP contribution in [0.4, 0.5) is 10.1 Å². The first-order valence-electron chi connectivity index (χ1n) is 7.91. The van der Waals surface area contributed by atoms with Gasteiger partial charge in [-0.1, -0.05) is 17.7 Å². The van der Waals surface area contributed by atoms with Crippen LogP contribution in [0.25, 0.3) is 5.69 Å². The highest BCUT2D eigenvalue weighted by Crippen LogP contribution is 2.22. The third-order valence-electron chi connectivity index (χ3n) is 3.83. The summed E-state index contributed by atoms with van der Waals surface area (Å²) in [5.74, 6) is -1.01. The molecule has 0 spiro atoms. The normalized spacial score (nSPS) is 10.5. The number of halogens is 2. The van der Waals surface area contributed by atoms with E-state index in [2.05, 4.69) is 10.4 Å². The molecule has 138 valence electrons. The average Bonchev–Trinajstić information content (AvgIpc) is 2.65. The van der Waals surface area contributed by atoms with Crippen molar-refractivity contribution in [3.63, 3.8) is 0 Å². The number of ether oxygens (including phenoxy) is 1. The molecule has 1 aromatic heterocycles. The Morgan fingerprint density at radius 3 is 2.52 bits per heavy atom. The molecule has 0 radical (unpaired) electrons. The molecule has 8 heteroatoms. The minimum absolute atomic E-state index is 0.0223. The summed E-state index contributed by atoms with van der Waals surface area (Å²) in [5.41, 5.74) is 1.04. The van der Waals surface area contributed by atoms with Crippen molar-refractivity contribution < 1.29 is 13.9 Å². The molecule has 0 aliphatic carbocycles. The second-order valence-corrected chi connectivity index (χ2v) is 6.11. The molecule has 1 N–H and O–H groups in total. The number of aromatic nitrogens is 2. The van der Waals surface area contributed by atoms with Crippen molar-refractivity contribution in [3.8, 4) is 11.4 Å². The summed E-state index contributed by atoms with van der Waals surface area (Å²) in [4.78, 5) is 24.9. The number of amides is 1. The highest BCUT2D eigenvalue weighted by Gasteiger charge is 2.18. The quantitative estimate of drug-likeness (QED) is 0.742. The van der Waals surface area contributed by atoms with E-state index in [1.54, 1.807) is 18.2 Å². The molecule has 0 saturated carbocycles. The first-order chi connectivity index (χ1) is 12.9. The van der Waals surface area contributed by atoms with Crippen LogP contribution in [-0.4, -0.2) is 22.8 Å². The molecule has 0 aliphatic heterocycles. The van der Waals surface area contributed by atoms with Gasteiger partial charge in [0, 0.05) is 10.7 Å². The van der Waals surface area contributed by atoms with Gasteiger partial charge < -0.3 is 10.1 Å². The smallest absolute Gasteiger partial charge is 0.280 e. The van der Waals surface area contributed by atoms with Gasteiger partial charge in [-0.25, -0.2) is 4.39 Å². The van der Waals surface area contributed by atoms with Gasteiger partial charge in [0.15, 0.2) is 11.4 Å². The Labute approximate surface area is 159 Å². The van der Waals surface area contributed by atoms with E-state index in [0.717, 1.165) is 16.3 Å². The van der Waals surface area contributed by atoms with Gasteiger partial charge in [0.25, 0.3) is 11.5 Å². The Morgan fingerprint density at radius 1 is 1.19 bits per heavy atom. The van der Waals surface area contributed by atoms with Crippen molar-refractivity contribution in [1.29, 1.82) is 0 Å². The van der Waals surface area contributed by atoms with Gasteiger partial charge >= 0.3 is 0 Å². The molecule has 0 saturated heterocycles. The van der Waals surface area contributed by atoms with E-state index in [1.807, 2.05) is 6.92 Å². The fourth-order valence-corrected chi connectivity index (χ4v) is 2.56. The Bertz CT molecular complexity index is 1060. The van der Waals surface area contributed by atoms with E-state index in [0.29, 0.717) is 16.4 Å². The van der Waals surface area contributed by atoms with Crippen LogP contribution >= 0.6 is 11.6 Å². The van der Waals surface area contributed by atoms with Gasteiger partial charge in [0.1, 0.15) is 5.82 Å². The summed E-state index contributed by atoms with van der Waals surface area (Å²) in [6, 6.07) is 11.4. The Morgan fingerprint density at radius 2 is 1.89 bits per heavy atom. The lowest BCUT2D eigenvalue weighted by atomic mass is 10.2. The Hall–Kier alpha value is -3.19. The fourth-order valence-electron chi connectivity index (χ4n) is 2.38. The van der Waals surface area contributed by atoms with Crippen molar-refractivity contribution in [2.75, 3.05) is 12.4 Å². The molecule has 0 bridgehead atoms. The van der Waals surface area contributed by atoms with E-state index in [1.165, 1.54) is 31.4 Å². The van der Waals surface area contributed by atoms with Crippen LogP contribution in [-0.2, 0) is 0 Å². The molecular formula is C19H15ClFN3O3. The number of hydrogen-bond acceptors (Lipinski definition) is 4. The standard InChI is InChI=1S/C19H15ClFN3O3/c1-11-3-6-13(9-15(11)20)22-19(26)18-16(27-2)10-17(25)24(23-18)14-7-4-12(21)5-8-14/h3-10H,1-2H3,(H,22,26). The topological polar surface area (TPSA) is 73.2 Å². The van der Waals surface area contributed by atoms with Gasteiger partial charge in [-0.15, -0.1) is 0 Å². The van der Waals surface area contributed by atoms with Crippen molar-refractivity contribution in [1.82, 2.24) is 9.78 Å². The summed E-state index contributed by atoms with van der Waals surface area (Å²) in [5, 5.41) is 7.26. The number of nitrogens with zero attached hydrogens (tertiary/aromatic N) is 2. The zero-order chi connectivity index (χ0) is 19.6. The van der Waals surface area contributed by atoms with Gasteiger partial charge in [0.05, 0.1) is 18.9 Å². The predicted molar refractivity (Wildman–Crippen MR) is 100 cm³/mol. The van der Waals surface area contributed by atoms with Crippen LogP contribution < -0.4 is 15.6 Å². The molecular weight excluding hydrogens is 373 g/mol. The van der Waals surface area contributed by atoms with Crippen molar-refractivity contribution in [2.45, 2.75) is 6.92 Å². The van der Waals surface area contributed by atoms with Crippen LogP contribution in [0, 0.1) is 12.7 Å². The number of methoxy groups -OCH3 is 1. The number of carbonyl (C=O) groups is 1. The fraction of sp³-hybridized carbons (Fsp3) is 0.105. The molecule has 0 aliphatic rings. The van der Waals surface area contributed by atoms with Crippen LogP contribution in [0.5, 0.6) is 5.75 Å². The van der Waals surface area contributed by atoms with Crippen LogP contribution in [0.15, 0.2) is 53.3 Å². The Kier molecular flexibility index (Phi) is 5.23. The van der Waals surface area contributed by atoms with Crippen LogP contribution in [0.1, 0.15) is 16.1 Å². The van der Waals surface area contributed by atoms with Crippen LogP contribution in [0.3, 0.4) is 0 Å². The molecule has 1 heterocycles. The summed E-state index contributed by atoms with van der Waals surface area (Å²) < 4.78 is 19.2. The molecule has 27 heavy (non-hydrogen) atoms. The molecule has 3 rings (SSSR count). The van der Waals surface area contributed by atoms with Crippen molar-refractivity contribution in [3.05, 3.63) is 81.0 Å². The van der Waals surface area contributed by atoms with E-state index in [4.69, 9.17) is 16.3 Å². The lowest BCUT2D eigenvalue weighted by molar-refractivity contribution is 0.101. The maximum Gasteiger partial charge on any atom is 0.280 e. The maximum absolute atomic E-state index is 13.1. The number of carbonyl (C=O) groups excluding carboxylic acids is 1. The lowest BCUT2D eigenvalue weighted by Gasteiger charge is -2.12. The van der Waals surface area contributed by atoms with Gasteiger partial charge in [-0.2, -0.15) is 9.78 Å². The molecule has 0 atom stereocenters. The minimum atomic E-state index is -0.581. The zero-order valence-electron chi connectivity index (χ0n) is 14.5. The monoisotopic (exact) mass is 387 g/mol. The maximum atomic E-state index is 13.1. The van der Waals surface area contributed by atoms with E-state index < -0.39 is 17.3 Å². The molecule has 1 amide bonds. The molecule has 6 nitrogen and oxygen atoms in total. The molecule has 2 aromatic carbocycles. The summed E-state index contributed by atoms with van der Waals surface area (Å²) in [6.07, 6.45) is 0. The predicted octanol–water partition coefficient (Wildman–Crippen LogP) is 3.59. The van der Waals surface area contributed by atoms with Gasteiger partial charge in [0.2, 0.25) is 0 Å². The number of aryl methyl sites for hydroxylation is 1.